The van der Waals surface area contributed by atoms with Crippen LogP contribution in [0.25, 0.3) is 6.08 Å². The summed E-state index contributed by atoms with van der Waals surface area (Å²) in [6.45, 7) is 0.207. The molecule has 7 nitrogen and oxygen atoms in total. The Morgan fingerprint density at radius 2 is 1.86 bits per heavy atom. The van der Waals surface area contributed by atoms with Crippen LogP contribution in [0.15, 0.2) is 48.5 Å². The Bertz CT molecular complexity index is 897. The summed E-state index contributed by atoms with van der Waals surface area (Å²) < 4.78 is 43.1. The molecule has 0 radical (unpaired) electrons. The van der Waals surface area contributed by atoms with Crippen LogP contribution in [0.5, 0.6) is 5.75 Å². The van der Waals surface area contributed by atoms with E-state index in [2.05, 4.69) is 10.6 Å². The van der Waals surface area contributed by atoms with Gasteiger partial charge in [-0.15, -0.1) is 0 Å². The number of halogens is 3. The summed E-state index contributed by atoms with van der Waals surface area (Å²) in [6.07, 6.45) is -1.75. The van der Waals surface area contributed by atoms with Gasteiger partial charge in [0.1, 0.15) is 11.4 Å². The van der Waals surface area contributed by atoms with E-state index < -0.39 is 22.4 Å². The van der Waals surface area contributed by atoms with Crippen molar-refractivity contribution in [2.75, 3.05) is 25.5 Å². The first kappa shape index (κ1) is 21.7. The van der Waals surface area contributed by atoms with Crippen LogP contribution in [0.2, 0.25) is 0 Å². The first-order chi connectivity index (χ1) is 13.7. The molecule has 0 atom stereocenters. The van der Waals surface area contributed by atoms with Gasteiger partial charge in [0.25, 0.3) is 5.69 Å². The molecule has 2 N–H and O–H groups in total. The van der Waals surface area contributed by atoms with Crippen molar-refractivity contribution in [1.29, 1.82) is 0 Å². The average Bonchev–Trinajstić information content (AvgIpc) is 2.69. The van der Waals surface area contributed by atoms with Gasteiger partial charge in [-0.25, -0.2) is 0 Å². The zero-order valence-corrected chi connectivity index (χ0v) is 15.3. The number of nitrogens with zero attached hydrogens (tertiary/aromatic N) is 1. The predicted molar refractivity (Wildman–Crippen MR) is 102 cm³/mol. The monoisotopic (exact) mass is 409 g/mol. The van der Waals surface area contributed by atoms with E-state index in [0.29, 0.717) is 11.8 Å². The fraction of sp³-hybridized carbons (Fsp3) is 0.211. The van der Waals surface area contributed by atoms with E-state index >= 15 is 0 Å². The summed E-state index contributed by atoms with van der Waals surface area (Å²) in [6, 6.07) is 9.26. The van der Waals surface area contributed by atoms with Gasteiger partial charge >= 0.3 is 6.18 Å². The van der Waals surface area contributed by atoms with Crippen molar-refractivity contribution in [3.63, 3.8) is 0 Å². The third-order valence-electron chi connectivity index (χ3n) is 3.80. The van der Waals surface area contributed by atoms with E-state index in [1.54, 1.807) is 37.5 Å². The van der Waals surface area contributed by atoms with Crippen LogP contribution in [0.4, 0.5) is 24.5 Å². The molecule has 0 aliphatic carbocycles. The maximum absolute atomic E-state index is 12.7. The number of carbonyl (C=O) groups is 1. The zero-order chi connectivity index (χ0) is 21.4. The predicted octanol–water partition coefficient (Wildman–Crippen LogP) is 3.86. The summed E-state index contributed by atoms with van der Waals surface area (Å²) in [4.78, 5) is 21.9. The standard InChI is InChI=1S/C19H18F3N3O4/c1-29-15-6-2-13(3-7-15)4-9-18(26)24-11-10-23-16-8-5-14(19(20,21)22)12-17(16)25(27)28/h2-9,12,23H,10-11H2,1H3,(H,24,26)/b9-4+. The summed E-state index contributed by atoms with van der Waals surface area (Å²) in [5.74, 6) is 0.305. The van der Waals surface area contributed by atoms with Gasteiger partial charge in [-0.2, -0.15) is 13.2 Å². The number of carbonyl (C=O) groups excluding carboxylic acids is 1. The number of anilines is 1. The van der Waals surface area contributed by atoms with Crippen LogP contribution in [-0.4, -0.2) is 31.0 Å². The van der Waals surface area contributed by atoms with Crippen LogP contribution < -0.4 is 15.4 Å². The van der Waals surface area contributed by atoms with Crippen LogP contribution in [-0.2, 0) is 11.0 Å². The highest BCUT2D eigenvalue weighted by atomic mass is 19.4. The van der Waals surface area contributed by atoms with Gasteiger partial charge in [0, 0.05) is 25.2 Å². The lowest BCUT2D eigenvalue weighted by molar-refractivity contribution is -0.384. The van der Waals surface area contributed by atoms with Crippen LogP contribution >= 0.6 is 0 Å². The van der Waals surface area contributed by atoms with Crippen molar-refractivity contribution in [2.45, 2.75) is 6.18 Å². The number of ether oxygens (including phenoxy) is 1. The first-order valence-corrected chi connectivity index (χ1v) is 8.40. The highest BCUT2D eigenvalue weighted by Gasteiger charge is 2.32. The Kier molecular flexibility index (Phi) is 7.18. The maximum Gasteiger partial charge on any atom is 0.416 e. The molecular formula is C19H18F3N3O4. The second-order valence-electron chi connectivity index (χ2n) is 5.81. The van der Waals surface area contributed by atoms with E-state index in [-0.39, 0.29) is 24.7 Å². The quantitative estimate of drug-likeness (QED) is 0.299. The molecule has 29 heavy (non-hydrogen) atoms. The Hall–Kier alpha value is -3.56. The van der Waals surface area contributed by atoms with E-state index in [9.17, 15) is 28.1 Å². The number of nitrogens with one attached hydrogen (secondary N) is 2. The lowest BCUT2D eigenvalue weighted by atomic mass is 10.1. The maximum atomic E-state index is 12.7. The SMILES string of the molecule is COc1ccc(/C=C/C(=O)NCCNc2ccc(C(F)(F)F)cc2[N+](=O)[O-])cc1. The number of nitro benzene ring substituents is 1. The highest BCUT2D eigenvalue weighted by molar-refractivity contribution is 5.91. The molecule has 0 unspecified atom stereocenters. The van der Waals surface area contributed by atoms with Crippen molar-refractivity contribution >= 4 is 23.4 Å². The topological polar surface area (TPSA) is 93.5 Å². The second-order valence-corrected chi connectivity index (χ2v) is 5.81. The minimum atomic E-state index is -4.67. The van der Waals surface area contributed by atoms with Gasteiger partial charge < -0.3 is 15.4 Å². The van der Waals surface area contributed by atoms with Gasteiger partial charge in [-0.05, 0) is 35.9 Å². The number of rotatable bonds is 8. The van der Waals surface area contributed by atoms with Crippen molar-refractivity contribution in [2.24, 2.45) is 0 Å². The number of hydrogen-bond donors (Lipinski definition) is 2. The molecule has 154 valence electrons. The molecular weight excluding hydrogens is 391 g/mol. The number of nitro groups is 1. The number of benzene rings is 2. The Labute approximate surface area is 164 Å². The Morgan fingerprint density at radius 3 is 2.45 bits per heavy atom. The number of alkyl halides is 3. The van der Waals surface area contributed by atoms with Crippen LogP contribution in [0.1, 0.15) is 11.1 Å². The minimum absolute atomic E-state index is 0.0639. The lowest BCUT2D eigenvalue weighted by Gasteiger charge is -2.10. The Morgan fingerprint density at radius 1 is 1.17 bits per heavy atom. The van der Waals surface area contributed by atoms with Gasteiger partial charge in [0.15, 0.2) is 0 Å². The third kappa shape index (κ3) is 6.52. The molecule has 1 amide bonds. The molecule has 10 heteroatoms. The van der Waals surface area contributed by atoms with E-state index in [0.717, 1.165) is 17.7 Å². The van der Waals surface area contributed by atoms with Gasteiger partial charge in [-0.3, -0.25) is 14.9 Å². The molecule has 0 aliphatic heterocycles. The number of methoxy groups -OCH3 is 1. The molecule has 0 spiro atoms. The van der Waals surface area contributed by atoms with Gasteiger partial charge in [0.05, 0.1) is 17.6 Å². The van der Waals surface area contributed by atoms with Gasteiger partial charge in [-0.1, -0.05) is 12.1 Å². The summed E-state index contributed by atoms with van der Waals surface area (Å²) in [5.41, 5.74) is -1.07. The van der Waals surface area contributed by atoms with E-state index in [4.69, 9.17) is 4.74 Å². The van der Waals surface area contributed by atoms with Gasteiger partial charge in [0.2, 0.25) is 5.91 Å². The van der Waals surface area contributed by atoms with E-state index in [1.807, 2.05) is 0 Å². The van der Waals surface area contributed by atoms with Crippen LogP contribution in [0.3, 0.4) is 0 Å². The Balaban J connectivity index is 1.87. The molecule has 0 aliphatic rings. The molecule has 0 fully saturated rings. The smallest absolute Gasteiger partial charge is 0.416 e. The number of hydrogen-bond acceptors (Lipinski definition) is 5. The molecule has 0 bridgehead atoms. The zero-order valence-electron chi connectivity index (χ0n) is 15.3. The van der Waals surface area contributed by atoms with E-state index in [1.165, 1.54) is 6.08 Å². The molecule has 2 aromatic rings. The highest BCUT2D eigenvalue weighted by Crippen LogP contribution is 2.34. The minimum Gasteiger partial charge on any atom is -0.497 e. The molecule has 0 saturated carbocycles. The fourth-order valence-corrected chi connectivity index (χ4v) is 2.34. The molecule has 2 rings (SSSR count). The van der Waals surface area contributed by atoms with Crippen LogP contribution in [0, 0.1) is 10.1 Å². The average molecular weight is 409 g/mol. The fourth-order valence-electron chi connectivity index (χ4n) is 2.34. The van der Waals surface area contributed by atoms with Crippen molar-refractivity contribution in [1.82, 2.24) is 5.32 Å². The van der Waals surface area contributed by atoms with Crippen molar-refractivity contribution < 1.29 is 27.6 Å². The van der Waals surface area contributed by atoms with Crippen molar-refractivity contribution in [3.05, 3.63) is 69.8 Å². The summed E-state index contributed by atoms with van der Waals surface area (Å²) >= 11 is 0. The molecule has 0 aromatic heterocycles. The number of amides is 1. The molecule has 2 aromatic carbocycles. The third-order valence-corrected chi connectivity index (χ3v) is 3.80. The molecule has 0 saturated heterocycles. The first-order valence-electron chi connectivity index (χ1n) is 8.40. The van der Waals surface area contributed by atoms with Crippen molar-refractivity contribution in [3.8, 4) is 5.75 Å². The largest absolute Gasteiger partial charge is 0.497 e. The summed E-state index contributed by atoms with van der Waals surface area (Å²) in [7, 11) is 1.55. The second kappa shape index (κ2) is 9.58. The molecule has 0 heterocycles. The lowest BCUT2D eigenvalue weighted by Crippen LogP contribution is -2.27. The summed E-state index contributed by atoms with van der Waals surface area (Å²) in [5, 5.41) is 16.2. The normalized spacial score (nSPS) is 11.3.